The van der Waals surface area contributed by atoms with Crippen LogP contribution in [0.15, 0.2) is 48.5 Å². The van der Waals surface area contributed by atoms with Crippen molar-refractivity contribution < 1.29 is 14.3 Å². The number of halogens is 2. The van der Waals surface area contributed by atoms with E-state index in [0.29, 0.717) is 32.9 Å². The summed E-state index contributed by atoms with van der Waals surface area (Å²) < 4.78 is 6.84. The third-order valence-corrected chi connectivity index (χ3v) is 6.15. The maximum atomic E-state index is 13.2. The summed E-state index contributed by atoms with van der Waals surface area (Å²) in [6, 6.07) is 13.6. The number of nitrogens with zero attached hydrogens (tertiary/aromatic N) is 3. The Balaban J connectivity index is 1.89. The number of carbonyl (C=O) groups is 2. The van der Waals surface area contributed by atoms with E-state index in [4.69, 9.17) is 33.0 Å². The fourth-order valence-corrected chi connectivity index (χ4v) is 3.69. The van der Waals surface area contributed by atoms with E-state index in [9.17, 15) is 9.59 Å². The lowest BCUT2D eigenvalue weighted by atomic mass is 9.92. The van der Waals surface area contributed by atoms with Crippen molar-refractivity contribution in [1.29, 1.82) is 0 Å². The second-order valence-corrected chi connectivity index (χ2v) is 10.3. The summed E-state index contributed by atoms with van der Waals surface area (Å²) in [6.45, 7) is 9.70. The molecule has 2 aromatic carbocycles. The highest BCUT2D eigenvalue weighted by atomic mass is 35.5. The Kier molecular flexibility index (Phi) is 8.13. The molecule has 1 aromatic heterocycles. The van der Waals surface area contributed by atoms with Gasteiger partial charge in [-0.05, 0) is 50.2 Å². The first-order valence-corrected chi connectivity index (χ1v) is 12.0. The van der Waals surface area contributed by atoms with Crippen LogP contribution in [0.5, 0.6) is 5.75 Å². The molecule has 0 saturated heterocycles. The van der Waals surface area contributed by atoms with Crippen LogP contribution in [0.4, 0.5) is 5.82 Å². The third kappa shape index (κ3) is 6.35. The number of nitrogens with one attached hydrogen (secondary N) is 1. The molecule has 0 aliphatic heterocycles. The van der Waals surface area contributed by atoms with Crippen LogP contribution in [0.2, 0.25) is 10.0 Å². The summed E-state index contributed by atoms with van der Waals surface area (Å²) in [5.74, 6) is 0.430. The van der Waals surface area contributed by atoms with Crippen molar-refractivity contribution in [3.05, 3.63) is 69.8 Å². The van der Waals surface area contributed by atoms with E-state index in [2.05, 4.69) is 5.32 Å². The van der Waals surface area contributed by atoms with Crippen molar-refractivity contribution in [1.82, 2.24) is 14.7 Å². The monoisotopic (exact) mass is 516 g/mol. The number of methoxy groups -OCH3 is 1. The number of rotatable bonds is 7. The number of ether oxygens (including phenoxy) is 1. The molecule has 3 rings (SSSR count). The van der Waals surface area contributed by atoms with Gasteiger partial charge in [-0.1, -0.05) is 50.0 Å². The van der Waals surface area contributed by atoms with Gasteiger partial charge in [0.05, 0.1) is 28.5 Å². The van der Waals surface area contributed by atoms with E-state index >= 15 is 0 Å². The number of amides is 2. The second kappa shape index (κ2) is 10.7. The normalized spacial score (nSPS) is 11.5. The molecule has 1 heterocycles. The molecule has 9 heteroatoms. The summed E-state index contributed by atoms with van der Waals surface area (Å²) in [7, 11) is 1.54. The molecular weight excluding hydrogens is 487 g/mol. The van der Waals surface area contributed by atoms with E-state index < -0.39 is 0 Å². The van der Waals surface area contributed by atoms with Crippen LogP contribution in [0.3, 0.4) is 0 Å². The van der Waals surface area contributed by atoms with Gasteiger partial charge in [0.2, 0.25) is 5.91 Å². The van der Waals surface area contributed by atoms with Crippen LogP contribution in [0.1, 0.15) is 50.7 Å². The van der Waals surface area contributed by atoms with E-state index in [-0.39, 0.29) is 29.8 Å². The molecule has 186 valence electrons. The minimum atomic E-state index is -0.350. The highest BCUT2D eigenvalue weighted by Crippen LogP contribution is 2.29. The van der Waals surface area contributed by atoms with Gasteiger partial charge in [-0.3, -0.25) is 9.59 Å². The van der Waals surface area contributed by atoms with Crippen LogP contribution >= 0.6 is 23.2 Å². The van der Waals surface area contributed by atoms with Crippen molar-refractivity contribution in [2.24, 2.45) is 0 Å². The van der Waals surface area contributed by atoms with Crippen molar-refractivity contribution in [3.8, 4) is 11.4 Å². The summed E-state index contributed by atoms with van der Waals surface area (Å²) in [6.07, 6.45) is 0. The SMILES string of the molecule is COc1cccc(C(=O)N(CC(=O)Nc2cc(C(C)(C)C)nn2-c2ccc(Cl)c(Cl)c2)C(C)C)c1. The predicted molar refractivity (Wildman–Crippen MR) is 140 cm³/mol. The summed E-state index contributed by atoms with van der Waals surface area (Å²) >= 11 is 12.3. The molecule has 0 radical (unpaired) electrons. The van der Waals surface area contributed by atoms with Gasteiger partial charge in [0, 0.05) is 23.1 Å². The number of aromatic nitrogens is 2. The predicted octanol–water partition coefficient (Wildman–Crippen LogP) is 5.97. The summed E-state index contributed by atoms with van der Waals surface area (Å²) in [5, 5.41) is 8.42. The Morgan fingerprint density at radius 2 is 1.80 bits per heavy atom. The molecule has 0 unspecified atom stereocenters. The maximum absolute atomic E-state index is 13.2. The molecule has 35 heavy (non-hydrogen) atoms. The second-order valence-electron chi connectivity index (χ2n) is 9.48. The molecule has 0 atom stereocenters. The molecule has 1 N–H and O–H groups in total. The first-order valence-electron chi connectivity index (χ1n) is 11.2. The lowest BCUT2D eigenvalue weighted by Crippen LogP contribution is -2.42. The van der Waals surface area contributed by atoms with Gasteiger partial charge in [-0.25, -0.2) is 4.68 Å². The largest absolute Gasteiger partial charge is 0.497 e. The number of carbonyl (C=O) groups excluding carboxylic acids is 2. The van der Waals surface area contributed by atoms with E-state index in [1.165, 1.54) is 4.90 Å². The topological polar surface area (TPSA) is 76.5 Å². The zero-order valence-corrected chi connectivity index (χ0v) is 22.2. The molecule has 0 fully saturated rings. The fraction of sp³-hybridized carbons (Fsp3) is 0.346. The first kappa shape index (κ1) is 26.6. The summed E-state index contributed by atoms with van der Waals surface area (Å²) in [4.78, 5) is 27.8. The Morgan fingerprint density at radius 3 is 2.40 bits per heavy atom. The van der Waals surface area contributed by atoms with Crippen LogP contribution in [0, 0.1) is 0 Å². The minimum absolute atomic E-state index is 0.134. The van der Waals surface area contributed by atoms with Gasteiger partial charge in [-0.2, -0.15) is 5.10 Å². The third-order valence-electron chi connectivity index (χ3n) is 5.41. The molecular formula is C26H30Cl2N4O3. The average Bonchev–Trinajstić information content (AvgIpc) is 3.23. The average molecular weight is 517 g/mol. The fourth-order valence-electron chi connectivity index (χ4n) is 3.40. The molecule has 7 nitrogen and oxygen atoms in total. The molecule has 0 aliphatic rings. The highest BCUT2D eigenvalue weighted by molar-refractivity contribution is 6.42. The zero-order chi connectivity index (χ0) is 25.9. The van der Waals surface area contributed by atoms with Gasteiger partial charge in [0.25, 0.3) is 5.91 Å². The number of benzene rings is 2. The Labute approximate surface area is 216 Å². The van der Waals surface area contributed by atoms with Gasteiger partial charge in [0.1, 0.15) is 18.1 Å². The smallest absolute Gasteiger partial charge is 0.254 e. The molecule has 3 aromatic rings. The quantitative estimate of drug-likeness (QED) is 0.419. The van der Waals surface area contributed by atoms with Gasteiger partial charge in [0.15, 0.2) is 0 Å². The lowest BCUT2D eigenvalue weighted by molar-refractivity contribution is -0.117. The van der Waals surface area contributed by atoms with Crippen LogP contribution in [-0.2, 0) is 10.2 Å². The first-order chi connectivity index (χ1) is 16.4. The van der Waals surface area contributed by atoms with E-state index in [0.717, 1.165) is 5.69 Å². The van der Waals surface area contributed by atoms with Crippen molar-refractivity contribution in [2.45, 2.75) is 46.1 Å². The van der Waals surface area contributed by atoms with Crippen LogP contribution in [0.25, 0.3) is 5.69 Å². The number of hydrogen-bond acceptors (Lipinski definition) is 4. The maximum Gasteiger partial charge on any atom is 0.254 e. The van der Waals surface area contributed by atoms with Crippen LogP contribution in [-0.4, -0.2) is 46.2 Å². The Morgan fingerprint density at radius 1 is 1.09 bits per heavy atom. The Bertz CT molecular complexity index is 1230. The minimum Gasteiger partial charge on any atom is -0.497 e. The van der Waals surface area contributed by atoms with Gasteiger partial charge < -0.3 is 15.0 Å². The zero-order valence-electron chi connectivity index (χ0n) is 20.7. The molecule has 0 aliphatic carbocycles. The molecule has 2 amide bonds. The van der Waals surface area contributed by atoms with Gasteiger partial charge >= 0.3 is 0 Å². The van der Waals surface area contributed by atoms with E-state index in [1.807, 2.05) is 40.7 Å². The standard InChI is InChI=1S/C26H30Cl2N4O3/c1-16(2)31(25(34)17-8-7-9-19(12-17)35-6)15-24(33)29-23-14-22(26(3,4)5)30-32(23)18-10-11-20(27)21(28)13-18/h7-14,16H,15H2,1-6H3,(H,29,33). The molecule has 0 saturated carbocycles. The number of hydrogen-bond donors (Lipinski definition) is 1. The number of anilines is 1. The van der Waals surface area contributed by atoms with E-state index in [1.54, 1.807) is 54.3 Å². The van der Waals surface area contributed by atoms with Crippen LogP contribution < -0.4 is 10.1 Å². The Hall–Kier alpha value is -3.03. The highest BCUT2D eigenvalue weighted by Gasteiger charge is 2.25. The molecule has 0 bridgehead atoms. The lowest BCUT2D eigenvalue weighted by Gasteiger charge is -2.26. The van der Waals surface area contributed by atoms with Gasteiger partial charge in [-0.15, -0.1) is 0 Å². The molecule has 0 spiro atoms. The van der Waals surface area contributed by atoms with Crippen molar-refractivity contribution in [3.63, 3.8) is 0 Å². The van der Waals surface area contributed by atoms with Crippen molar-refractivity contribution in [2.75, 3.05) is 19.0 Å². The van der Waals surface area contributed by atoms with Crippen molar-refractivity contribution >= 4 is 40.8 Å². The summed E-state index contributed by atoms with van der Waals surface area (Å²) in [5.41, 5.74) is 1.62.